The Morgan fingerprint density at radius 2 is 1.82 bits per heavy atom. The van der Waals surface area contributed by atoms with Gasteiger partial charge in [-0.05, 0) is 19.3 Å². The minimum atomic E-state index is -4.53. The second-order valence-electron chi connectivity index (χ2n) is 3.70. The van der Waals surface area contributed by atoms with Crippen LogP contribution in [0.3, 0.4) is 0 Å². The van der Waals surface area contributed by atoms with Crippen molar-refractivity contribution in [2.75, 3.05) is 25.4 Å². The Bertz CT molecular complexity index is 303. The summed E-state index contributed by atoms with van der Waals surface area (Å²) in [4.78, 5) is 0. The zero-order valence-corrected chi connectivity index (χ0v) is 10.5. The minimum Gasteiger partial charge on any atom is -0.396 e. The number of aliphatic hydroxyl groups is 1. The van der Waals surface area contributed by atoms with Crippen molar-refractivity contribution in [1.82, 2.24) is 4.31 Å². The highest BCUT2D eigenvalue weighted by molar-refractivity contribution is 7.89. The normalized spacial score (nSPS) is 13.3. The minimum absolute atomic E-state index is 0.138. The number of nitrogens with zero attached hydrogens (tertiary/aromatic N) is 1. The van der Waals surface area contributed by atoms with Crippen LogP contribution in [-0.2, 0) is 10.0 Å². The molecule has 4 nitrogen and oxygen atoms in total. The highest BCUT2D eigenvalue weighted by Gasteiger charge is 2.35. The van der Waals surface area contributed by atoms with Gasteiger partial charge in [0.1, 0.15) is 6.54 Å². The van der Waals surface area contributed by atoms with Crippen LogP contribution in [0.25, 0.3) is 0 Å². The molecule has 0 aromatic rings. The molecule has 0 aliphatic rings. The first kappa shape index (κ1) is 16.7. The molecular weight excluding hydrogens is 259 g/mol. The van der Waals surface area contributed by atoms with Gasteiger partial charge in [0.15, 0.2) is 0 Å². The molecule has 0 unspecified atom stereocenters. The third-order valence-electron chi connectivity index (χ3n) is 2.03. The Balaban J connectivity index is 4.56. The summed E-state index contributed by atoms with van der Waals surface area (Å²) in [5.41, 5.74) is 0. The Morgan fingerprint density at radius 1 is 1.24 bits per heavy atom. The van der Waals surface area contributed by atoms with Crippen LogP contribution >= 0.6 is 0 Å². The van der Waals surface area contributed by atoms with Gasteiger partial charge < -0.3 is 5.11 Å². The highest BCUT2D eigenvalue weighted by Crippen LogP contribution is 2.19. The number of aliphatic hydroxyl groups excluding tert-OH is 1. The molecule has 104 valence electrons. The van der Waals surface area contributed by atoms with E-state index >= 15 is 0 Å². The maximum Gasteiger partial charge on any atom is 0.402 e. The molecule has 0 aromatic carbocycles. The van der Waals surface area contributed by atoms with Crippen molar-refractivity contribution in [3.8, 4) is 0 Å². The van der Waals surface area contributed by atoms with E-state index in [1.165, 1.54) is 0 Å². The van der Waals surface area contributed by atoms with E-state index in [1.807, 2.05) is 0 Å². The molecule has 0 spiro atoms. The van der Waals surface area contributed by atoms with Crippen molar-refractivity contribution < 1.29 is 26.7 Å². The van der Waals surface area contributed by atoms with Crippen LogP contribution in [0.4, 0.5) is 13.2 Å². The predicted molar refractivity (Wildman–Crippen MR) is 58.0 cm³/mol. The van der Waals surface area contributed by atoms with Gasteiger partial charge >= 0.3 is 6.18 Å². The van der Waals surface area contributed by atoms with Crippen LogP contribution in [0.5, 0.6) is 0 Å². The number of hydrogen-bond acceptors (Lipinski definition) is 3. The second kappa shape index (κ2) is 7.17. The fraction of sp³-hybridized carbons (Fsp3) is 1.00. The first-order chi connectivity index (χ1) is 7.73. The molecule has 17 heavy (non-hydrogen) atoms. The van der Waals surface area contributed by atoms with E-state index < -0.39 is 22.7 Å². The smallest absolute Gasteiger partial charge is 0.396 e. The molecule has 0 rings (SSSR count). The zero-order valence-electron chi connectivity index (χ0n) is 9.70. The lowest BCUT2D eigenvalue weighted by molar-refractivity contribution is -0.136. The van der Waals surface area contributed by atoms with Crippen molar-refractivity contribution in [2.24, 2.45) is 0 Å². The third kappa shape index (κ3) is 7.56. The number of sulfonamides is 1. The second-order valence-corrected chi connectivity index (χ2v) is 5.78. The zero-order chi connectivity index (χ0) is 13.5. The van der Waals surface area contributed by atoms with Crippen LogP contribution < -0.4 is 0 Å². The maximum absolute atomic E-state index is 12.2. The molecule has 0 saturated heterocycles. The summed E-state index contributed by atoms with van der Waals surface area (Å²) in [6, 6.07) is 0. The Morgan fingerprint density at radius 3 is 2.24 bits per heavy atom. The molecule has 0 fully saturated rings. The summed E-state index contributed by atoms with van der Waals surface area (Å²) in [6.45, 7) is -0.127. The molecule has 0 atom stereocenters. The first-order valence-corrected chi connectivity index (χ1v) is 6.99. The van der Waals surface area contributed by atoms with E-state index in [-0.39, 0.29) is 31.7 Å². The van der Waals surface area contributed by atoms with E-state index in [4.69, 9.17) is 5.11 Å². The van der Waals surface area contributed by atoms with Crippen LogP contribution in [0.2, 0.25) is 0 Å². The van der Waals surface area contributed by atoms with E-state index in [2.05, 4.69) is 0 Å². The van der Waals surface area contributed by atoms with Gasteiger partial charge in [0.05, 0.1) is 5.75 Å². The molecular formula is C9H18F3NO3S. The van der Waals surface area contributed by atoms with Crippen LogP contribution in [0.1, 0.15) is 26.2 Å². The van der Waals surface area contributed by atoms with Gasteiger partial charge in [-0.3, -0.25) is 0 Å². The summed E-state index contributed by atoms with van der Waals surface area (Å²) in [5.74, 6) is -0.358. The van der Waals surface area contributed by atoms with Crippen LogP contribution in [0.15, 0.2) is 0 Å². The molecule has 0 aromatic heterocycles. The van der Waals surface area contributed by atoms with Crippen LogP contribution in [-0.4, -0.2) is 49.5 Å². The molecule has 0 saturated carbocycles. The first-order valence-electron chi connectivity index (χ1n) is 5.38. The van der Waals surface area contributed by atoms with Gasteiger partial charge in [0, 0.05) is 13.2 Å². The molecule has 1 N–H and O–H groups in total. The Hall–Kier alpha value is -0.340. The van der Waals surface area contributed by atoms with Gasteiger partial charge in [-0.25, -0.2) is 8.42 Å². The quantitative estimate of drug-likeness (QED) is 0.682. The summed E-state index contributed by atoms with van der Waals surface area (Å²) < 4.78 is 60.3. The van der Waals surface area contributed by atoms with Gasteiger partial charge in [-0.1, -0.05) is 6.92 Å². The molecule has 0 radical (unpaired) electrons. The van der Waals surface area contributed by atoms with E-state index in [1.54, 1.807) is 6.92 Å². The van der Waals surface area contributed by atoms with Crippen LogP contribution in [0, 0.1) is 0 Å². The summed E-state index contributed by atoms with van der Waals surface area (Å²) in [7, 11) is -3.89. The Kier molecular flexibility index (Phi) is 7.03. The fourth-order valence-corrected chi connectivity index (χ4v) is 2.92. The van der Waals surface area contributed by atoms with Crippen molar-refractivity contribution in [2.45, 2.75) is 32.4 Å². The van der Waals surface area contributed by atoms with Crippen molar-refractivity contribution in [3.05, 3.63) is 0 Å². The monoisotopic (exact) mass is 277 g/mol. The van der Waals surface area contributed by atoms with Gasteiger partial charge in [-0.15, -0.1) is 0 Å². The Labute approximate surface area is 99.5 Å². The lowest BCUT2D eigenvalue weighted by Crippen LogP contribution is -2.40. The molecule has 0 amide bonds. The van der Waals surface area contributed by atoms with E-state index in [0.29, 0.717) is 10.7 Å². The summed E-state index contributed by atoms with van der Waals surface area (Å²) in [6.07, 6.45) is -3.77. The highest BCUT2D eigenvalue weighted by atomic mass is 32.2. The molecule has 0 aliphatic heterocycles. The average Bonchev–Trinajstić information content (AvgIpc) is 2.15. The topological polar surface area (TPSA) is 57.6 Å². The molecule has 8 heteroatoms. The van der Waals surface area contributed by atoms with Gasteiger partial charge in [-0.2, -0.15) is 17.5 Å². The number of rotatable bonds is 8. The lowest BCUT2D eigenvalue weighted by atomic mass is 10.4. The van der Waals surface area contributed by atoms with Crippen molar-refractivity contribution >= 4 is 10.0 Å². The van der Waals surface area contributed by atoms with Crippen molar-refractivity contribution in [1.29, 1.82) is 0 Å². The predicted octanol–water partition coefficient (Wildman–Crippen LogP) is 1.36. The number of halogens is 3. The van der Waals surface area contributed by atoms with Crippen molar-refractivity contribution in [3.63, 3.8) is 0 Å². The standard InChI is InChI=1S/C9H18F3NO3S/c1-2-5-13(8-9(10,11)12)17(15,16)7-4-3-6-14/h14H,2-8H2,1H3. The molecule has 0 bridgehead atoms. The summed E-state index contributed by atoms with van der Waals surface area (Å²) in [5, 5.41) is 8.50. The molecule has 0 heterocycles. The molecule has 0 aliphatic carbocycles. The largest absolute Gasteiger partial charge is 0.402 e. The fourth-order valence-electron chi connectivity index (χ4n) is 1.29. The van der Waals surface area contributed by atoms with E-state index in [9.17, 15) is 21.6 Å². The number of unbranched alkanes of at least 4 members (excludes halogenated alkanes) is 1. The number of alkyl halides is 3. The SMILES string of the molecule is CCCN(CC(F)(F)F)S(=O)(=O)CCCCO. The maximum atomic E-state index is 12.2. The third-order valence-corrected chi connectivity index (χ3v) is 3.94. The van der Waals surface area contributed by atoms with E-state index in [0.717, 1.165) is 0 Å². The van der Waals surface area contributed by atoms with Gasteiger partial charge in [0.25, 0.3) is 0 Å². The average molecular weight is 277 g/mol. The van der Waals surface area contributed by atoms with Gasteiger partial charge in [0.2, 0.25) is 10.0 Å². The summed E-state index contributed by atoms with van der Waals surface area (Å²) >= 11 is 0. The lowest BCUT2D eigenvalue weighted by Gasteiger charge is -2.22. The number of hydrogen-bond donors (Lipinski definition) is 1.